The summed E-state index contributed by atoms with van der Waals surface area (Å²) in [4.78, 5) is 0. The van der Waals surface area contributed by atoms with Crippen LogP contribution in [0.2, 0.25) is 0 Å². The number of unbranched alkanes of at least 4 members (excludes halogenated alkanes) is 3. The minimum atomic E-state index is 0.0262. The van der Waals surface area contributed by atoms with E-state index in [0.717, 1.165) is 25.2 Å². The summed E-state index contributed by atoms with van der Waals surface area (Å²) in [5.41, 5.74) is 1.42. The number of aryl methyl sites for hydroxylation is 1. The highest BCUT2D eigenvalue weighted by Crippen LogP contribution is 2.17. The third kappa shape index (κ3) is 5.35. The molecule has 0 amide bonds. The van der Waals surface area contributed by atoms with Crippen LogP contribution in [-0.2, 0) is 11.5 Å². The van der Waals surface area contributed by atoms with Crippen LogP contribution in [0.5, 0.6) is 11.5 Å². The van der Waals surface area contributed by atoms with Crippen molar-refractivity contribution in [3.8, 4) is 11.5 Å². The first-order chi connectivity index (χ1) is 9.84. The SMILES string of the molecule is [O]c1ccc(OCCCCCCc2ccccc2)cc1. The van der Waals surface area contributed by atoms with E-state index in [1.807, 2.05) is 0 Å². The van der Waals surface area contributed by atoms with Gasteiger partial charge in [0.1, 0.15) is 5.75 Å². The number of hydrogen-bond acceptors (Lipinski definition) is 1. The Labute approximate surface area is 121 Å². The summed E-state index contributed by atoms with van der Waals surface area (Å²) in [7, 11) is 0. The molecule has 0 aliphatic carbocycles. The van der Waals surface area contributed by atoms with Crippen LogP contribution in [0.3, 0.4) is 0 Å². The molecule has 0 spiro atoms. The zero-order valence-corrected chi connectivity index (χ0v) is 11.8. The molecule has 20 heavy (non-hydrogen) atoms. The van der Waals surface area contributed by atoms with Crippen LogP contribution in [-0.4, -0.2) is 6.61 Å². The number of ether oxygens (including phenoxy) is 1. The standard InChI is InChI=1S/C18H21O2/c19-17-11-13-18(14-12-17)20-15-7-2-1-4-8-16-9-5-3-6-10-16/h3,5-6,9-14H,1-2,4,7-8,15H2. The summed E-state index contributed by atoms with van der Waals surface area (Å²) in [6.45, 7) is 0.726. The molecule has 1 radical (unpaired) electrons. The van der Waals surface area contributed by atoms with Gasteiger partial charge in [0.05, 0.1) is 6.61 Å². The second-order valence-corrected chi connectivity index (χ2v) is 4.97. The largest absolute Gasteiger partial charge is 0.494 e. The van der Waals surface area contributed by atoms with Crippen molar-refractivity contribution in [2.45, 2.75) is 32.1 Å². The molecule has 0 aliphatic rings. The third-order valence-corrected chi connectivity index (χ3v) is 3.30. The van der Waals surface area contributed by atoms with Gasteiger partial charge in [-0.3, -0.25) is 5.11 Å². The molecule has 0 atom stereocenters. The Morgan fingerprint density at radius 1 is 0.750 bits per heavy atom. The summed E-state index contributed by atoms with van der Waals surface area (Å²) in [6, 6.07) is 17.2. The fourth-order valence-electron chi connectivity index (χ4n) is 2.16. The second kappa shape index (κ2) is 8.26. The van der Waals surface area contributed by atoms with Gasteiger partial charge in [0, 0.05) is 0 Å². The monoisotopic (exact) mass is 269 g/mol. The molecule has 0 aliphatic heterocycles. The average Bonchev–Trinajstić information content (AvgIpc) is 2.49. The number of benzene rings is 2. The Morgan fingerprint density at radius 2 is 1.45 bits per heavy atom. The van der Waals surface area contributed by atoms with Crippen LogP contribution in [0.25, 0.3) is 0 Å². The number of hydrogen-bond donors (Lipinski definition) is 0. The van der Waals surface area contributed by atoms with Gasteiger partial charge in [-0.15, -0.1) is 0 Å². The number of rotatable bonds is 8. The Hall–Kier alpha value is -1.96. The summed E-state index contributed by atoms with van der Waals surface area (Å²) < 4.78 is 5.59. The van der Waals surface area contributed by atoms with Crippen molar-refractivity contribution in [2.75, 3.05) is 6.61 Å². The van der Waals surface area contributed by atoms with Gasteiger partial charge in [0.25, 0.3) is 0 Å². The van der Waals surface area contributed by atoms with E-state index in [1.54, 1.807) is 12.1 Å². The van der Waals surface area contributed by atoms with Crippen molar-refractivity contribution < 1.29 is 9.84 Å². The fourth-order valence-corrected chi connectivity index (χ4v) is 2.16. The predicted molar refractivity (Wildman–Crippen MR) is 80.7 cm³/mol. The quantitative estimate of drug-likeness (QED) is 0.619. The Kier molecular flexibility index (Phi) is 5.97. The maximum Gasteiger partial charge on any atom is 0.178 e. The lowest BCUT2D eigenvalue weighted by Crippen LogP contribution is -1.97. The molecule has 2 aromatic rings. The lowest BCUT2D eigenvalue weighted by molar-refractivity contribution is 0.303. The summed E-state index contributed by atoms with van der Waals surface area (Å²) in [5, 5.41) is 10.9. The van der Waals surface area contributed by atoms with E-state index in [2.05, 4.69) is 30.3 Å². The van der Waals surface area contributed by atoms with Crippen LogP contribution < -0.4 is 4.74 Å². The molecule has 2 aromatic carbocycles. The molecule has 0 heterocycles. The molecule has 0 aromatic heterocycles. The van der Waals surface area contributed by atoms with E-state index >= 15 is 0 Å². The Bertz CT molecular complexity index is 477. The van der Waals surface area contributed by atoms with Gasteiger partial charge >= 0.3 is 0 Å². The predicted octanol–water partition coefficient (Wildman–Crippen LogP) is 5.01. The molecule has 0 fully saturated rings. The molecule has 0 saturated carbocycles. The van der Waals surface area contributed by atoms with E-state index in [9.17, 15) is 5.11 Å². The molecule has 0 bridgehead atoms. The molecule has 2 rings (SSSR count). The molecule has 2 nitrogen and oxygen atoms in total. The fraction of sp³-hybridized carbons (Fsp3) is 0.333. The summed E-state index contributed by atoms with van der Waals surface area (Å²) in [5.74, 6) is 0.812. The lowest BCUT2D eigenvalue weighted by atomic mass is 10.1. The van der Waals surface area contributed by atoms with E-state index in [-0.39, 0.29) is 5.75 Å². The highest BCUT2D eigenvalue weighted by Gasteiger charge is 1.96. The van der Waals surface area contributed by atoms with E-state index in [4.69, 9.17) is 4.74 Å². The van der Waals surface area contributed by atoms with Gasteiger partial charge in [0.15, 0.2) is 5.75 Å². The molecule has 0 saturated heterocycles. The first kappa shape index (κ1) is 14.4. The van der Waals surface area contributed by atoms with Crippen LogP contribution in [0.15, 0.2) is 54.6 Å². The average molecular weight is 269 g/mol. The van der Waals surface area contributed by atoms with E-state index in [1.165, 1.54) is 37.0 Å². The molecular formula is C18H21O2. The van der Waals surface area contributed by atoms with Gasteiger partial charge in [-0.2, -0.15) is 0 Å². The summed E-state index contributed by atoms with van der Waals surface area (Å²) >= 11 is 0. The van der Waals surface area contributed by atoms with Gasteiger partial charge < -0.3 is 4.74 Å². The molecule has 0 N–H and O–H groups in total. The zero-order chi connectivity index (χ0) is 14.0. The van der Waals surface area contributed by atoms with Crippen molar-refractivity contribution in [3.05, 3.63) is 60.2 Å². The van der Waals surface area contributed by atoms with E-state index < -0.39 is 0 Å². The normalized spacial score (nSPS) is 10.4. The first-order valence-corrected chi connectivity index (χ1v) is 7.28. The first-order valence-electron chi connectivity index (χ1n) is 7.28. The van der Waals surface area contributed by atoms with Crippen molar-refractivity contribution in [1.29, 1.82) is 0 Å². The topological polar surface area (TPSA) is 29.1 Å². The lowest BCUT2D eigenvalue weighted by Gasteiger charge is -2.06. The zero-order valence-electron chi connectivity index (χ0n) is 11.8. The maximum absolute atomic E-state index is 10.9. The van der Waals surface area contributed by atoms with Gasteiger partial charge in [-0.05, 0) is 49.1 Å². The molecule has 105 valence electrons. The minimum absolute atomic E-state index is 0.0262. The Balaban J connectivity index is 1.51. The van der Waals surface area contributed by atoms with Gasteiger partial charge in [-0.1, -0.05) is 43.2 Å². The second-order valence-electron chi connectivity index (χ2n) is 4.97. The van der Waals surface area contributed by atoms with Gasteiger partial charge in [-0.25, -0.2) is 0 Å². The molecular weight excluding hydrogens is 248 g/mol. The van der Waals surface area contributed by atoms with Crippen LogP contribution in [0.4, 0.5) is 0 Å². The molecule has 0 unspecified atom stereocenters. The van der Waals surface area contributed by atoms with Crippen LogP contribution >= 0.6 is 0 Å². The Morgan fingerprint density at radius 3 is 2.20 bits per heavy atom. The third-order valence-electron chi connectivity index (χ3n) is 3.30. The van der Waals surface area contributed by atoms with Crippen LogP contribution in [0, 0.1) is 0 Å². The van der Waals surface area contributed by atoms with E-state index in [0.29, 0.717) is 0 Å². The highest BCUT2D eigenvalue weighted by atomic mass is 16.5. The van der Waals surface area contributed by atoms with Crippen LogP contribution in [0.1, 0.15) is 31.2 Å². The van der Waals surface area contributed by atoms with Crippen molar-refractivity contribution in [2.24, 2.45) is 0 Å². The highest BCUT2D eigenvalue weighted by molar-refractivity contribution is 5.29. The molecule has 2 heteroatoms. The maximum atomic E-state index is 10.9. The minimum Gasteiger partial charge on any atom is -0.494 e. The smallest absolute Gasteiger partial charge is 0.178 e. The summed E-state index contributed by atoms with van der Waals surface area (Å²) in [6.07, 6.45) is 5.87. The van der Waals surface area contributed by atoms with Crippen molar-refractivity contribution in [3.63, 3.8) is 0 Å². The van der Waals surface area contributed by atoms with Crippen molar-refractivity contribution in [1.82, 2.24) is 0 Å². The van der Waals surface area contributed by atoms with Crippen molar-refractivity contribution >= 4 is 0 Å². The van der Waals surface area contributed by atoms with Gasteiger partial charge in [0.2, 0.25) is 0 Å².